The molecule has 0 aliphatic rings. The highest BCUT2D eigenvalue weighted by molar-refractivity contribution is 5.80. The highest BCUT2D eigenvalue weighted by Crippen LogP contribution is 2.13. The van der Waals surface area contributed by atoms with E-state index in [0.29, 0.717) is 0 Å². The fourth-order valence-corrected chi connectivity index (χ4v) is 1.80. The van der Waals surface area contributed by atoms with Crippen molar-refractivity contribution < 1.29 is 9.53 Å². The monoisotopic (exact) mass is 244 g/mol. The van der Waals surface area contributed by atoms with Crippen LogP contribution in [0, 0.1) is 0 Å². The first-order valence-electron chi connectivity index (χ1n) is 6.52. The standard InChI is InChI=1S/C13H28N2O2/c1-6-9-14-13(3,12(16)17-5)8-11-15(4)10-7-2/h14H,6-11H2,1-5H3. The lowest BCUT2D eigenvalue weighted by Gasteiger charge is -2.30. The lowest BCUT2D eigenvalue weighted by Crippen LogP contribution is -2.52. The number of ether oxygens (including phenoxy) is 1. The summed E-state index contributed by atoms with van der Waals surface area (Å²) < 4.78 is 4.88. The Bertz CT molecular complexity index is 221. The highest BCUT2D eigenvalue weighted by atomic mass is 16.5. The van der Waals surface area contributed by atoms with Gasteiger partial charge in [-0.1, -0.05) is 13.8 Å². The lowest BCUT2D eigenvalue weighted by molar-refractivity contribution is -0.148. The Kier molecular flexibility index (Phi) is 8.17. The summed E-state index contributed by atoms with van der Waals surface area (Å²) in [5, 5.41) is 3.29. The zero-order valence-corrected chi connectivity index (χ0v) is 12.0. The Labute approximate surface area is 106 Å². The van der Waals surface area contributed by atoms with Gasteiger partial charge in [-0.2, -0.15) is 0 Å². The first kappa shape index (κ1) is 16.4. The SMILES string of the molecule is CCCNC(C)(CCN(C)CCC)C(=O)OC. The number of methoxy groups -OCH3 is 1. The van der Waals surface area contributed by atoms with Gasteiger partial charge in [-0.15, -0.1) is 0 Å². The topological polar surface area (TPSA) is 41.6 Å². The molecule has 0 aromatic rings. The van der Waals surface area contributed by atoms with E-state index in [9.17, 15) is 4.79 Å². The molecule has 0 aliphatic carbocycles. The lowest BCUT2D eigenvalue weighted by atomic mass is 9.97. The van der Waals surface area contributed by atoms with Gasteiger partial charge < -0.3 is 15.0 Å². The molecule has 17 heavy (non-hydrogen) atoms. The second-order valence-electron chi connectivity index (χ2n) is 4.80. The van der Waals surface area contributed by atoms with Crippen molar-refractivity contribution in [2.45, 2.75) is 45.6 Å². The van der Waals surface area contributed by atoms with Gasteiger partial charge in [-0.3, -0.25) is 4.79 Å². The molecule has 0 aromatic heterocycles. The molecule has 102 valence electrons. The van der Waals surface area contributed by atoms with Gasteiger partial charge in [0.1, 0.15) is 5.54 Å². The summed E-state index contributed by atoms with van der Waals surface area (Å²) >= 11 is 0. The summed E-state index contributed by atoms with van der Waals surface area (Å²) in [4.78, 5) is 14.1. The van der Waals surface area contributed by atoms with Crippen molar-refractivity contribution in [1.82, 2.24) is 10.2 Å². The molecular weight excluding hydrogens is 216 g/mol. The van der Waals surface area contributed by atoms with Crippen molar-refractivity contribution in [3.63, 3.8) is 0 Å². The van der Waals surface area contributed by atoms with Gasteiger partial charge in [0.15, 0.2) is 0 Å². The fourth-order valence-electron chi connectivity index (χ4n) is 1.80. The van der Waals surface area contributed by atoms with Crippen LogP contribution in [0.2, 0.25) is 0 Å². The first-order chi connectivity index (χ1) is 8.00. The van der Waals surface area contributed by atoms with Gasteiger partial charge in [0.05, 0.1) is 7.11 Å². The van der Waals surface area contributed by atoms with E-state index in [4.69, 9.17) is 4.74 Å². The Balaban J connectivity index is 4.32. The molecule has 1 N–H and O–H groups in total. The predicted octanol–water partition coefficient (Wildman–Crippen LogP) is 1.65. The van der Waals surface area contributed by atoms with Crippen LogP contribution >= 0.6 is 0 Å². The third-order valence-corrected chi connectivity index (χ3v) is 3.00. The van der Waals surface area contributed by atoms with E-state index in [1.807, 2.05) is 6.92 Å². The van der Waals surface area contributed by atoms with Crippen molar-refractivity contribution in [2.75, 3.05) is 33.8 Å². The first-order valence-corrected chi connectivity index (χ1v) is 6.52. The highest BCUT2D eigenvalue weighted by Gasteiger charge is 2.33. The molecule has 0 saturated carbocycles. The maximum absolute atomic E-state index is 11.8. The van der Waals surface area contributed by atoms with E-state index in [1.165, 1.54) is 7.11 Å². The average molecular weight is 244 g/mol. The summed E-state index contributed by atoms with van der Waals surface area (Å²) in [5.41, 5.74) is -0.563. The molecule has 0 fully saturated rings. The van der Waals surface area contributed by atoms with Crippen molar-refractivity contribution >= 4 is 5.97 Å². The molecule has 1 atom stereocenters. The van der Waals surface area contributed by atoms with Gasteiger partial charge >= 0.3 is 5.97 Å². The maximum atomic E-state index is 11.8. The van der Waals surface area contributed by atoms with E-state index < -0.39 is 5.54 Å². The maximum Gasteiger partial charge on any atom is 0.325 e. The Morgan fingerprint density at radius 2 is 1.94 bits per heavy atom. The Hall–Kier alpha value is -0.610. The van der Waals surface area contributed by atoms with Crippen LogP contribution < -0.4 is 5.32 Å². The molecule has 0 aliphatic heterocycles. The van der Waals surface area contributed by atoms with Crippen LogP contribution in [0.3, 0.4) is 0 Å². The van der Waals surface area contributed by atoms with Crippen molar-refractivity contribution in [3.8, 4) is 0 Å². The summed E-state index contributed by atoms with van der Waals surface area (Å²) in [6.45, 7) is 8.97. The number of rotatable bonds is 9. The Morgan fingerprint density at radius 3 is 2.41 bits per heavy atom. The number of hydrogen-bond donors (Lipinski definition) is 1. The minimum atomic E-state index is -0.563. The summed E-state index contributed by atoms with van der Waals surface area (Å²) in [5.74, 6) is -0.171. The van der Waals surface area contributed by atoms with Crippen LogP contribution in [0.15, 0.2) is 0 Å². The molecule has 1 unspecified atom stereocenters. The van der Waals surface area contributed by atoms with Crippen LogP contribution in [0.1, 0.15) is 40.0 Å². The largest absolute Gasteiger partial charge is 0.468 e. The van der Waals surface area contributed by atoms with E-state index in [1.54, 1.807) is 0 Å². The molecule has 0 heterocycles. The molecule has 0 spiro atoms. The molecule has 0 amide bonds. The van der Waals surface area contributed by atoms with Crippen LogP contribution in [0.25, 0.3) is 0 Å². The molecule has 4 nitrogen and oxygen atoms in total. The van der Waals surface area contributed by atoms with Crippen LogP contribution in [-0.4, -0.2) is 50.2 Å². The quantitative estimate of drug-likeness (QED) is 0.626. The number of carbonyl (C=O) groups is 1. The molecular formula is C13H28N2O2. The van der Waals surface area contributed by atoms with Crippen LogP contribution in [-0.2, 0) is 9.53 Å². The molecule has 0 aromatic carbocycles. The van der Waals surface area contributed by atoms with Gasteiger partial charge in [0.25, 0.3) is 0 Å². The summed E-state index contributed by atoms with van der Waals surface area (Å²) in [6.07, 6.45) is 2.92. The molecule has 0 bridgehead atoms. The van der Waals surface area contributed by atoms with Gasteiger partial charge in [0, 0.05) is 6.54 Å². The smallest absolute Gasteiger partial charge is 0.325 e. The zero-order chi connectivity index (χ0) is 13.3. The van der Waals surface area contributed by atoms with Crippen molar-refractivity contribution in [1.29, 1.82) is 0 Å². The fraction of sp³-hybridized carbons (Fsp3) is 0.923. The predicted molar refractivity (Wildman–Crippen MR) is 71.1 cm³/mol. The van der Waals surface area contributed by atoms with Gasteiger partial charge in [0.2, 0.25) is 0 Å². The van der Waals surface area contributed by atoms with Gasteiger partial charge in [-0.25, -0.2) is 0 Å². The van der Waals surface area contributed by atoms with E-state index in [2.05, 4.69) is 31.1 Å². The normalized spacial score (nSPS) is 14.7. The molecule has 0 saturated heterocycles. The molecule has 0 rings (SSSR count). The number of hydrogen-bond acceptors (Lipinski definition) is 4. The zero-order valence-electron chi connectivity index (χ0n) is 12.0. The van der Waals surface area contributed by atoms with E-state index in [0.717, 1.165) is 38.9 Å². The van der Waals surface area contributed by atoms with Crippen molar-refractivity contribution in [2.24, 2.45) is 0 Å². The second kappa shape index (κ2) is 8.48. The van der Waals surface area contributed by atoms with Crippen LogP contribution in [0.4, 0.5) is 0 Å². The minimum Gasteiger partial charge on any atom is -0.468 e. The van der Waals surface area contributed by atoms with Crippen LogP contribution in [0.5, 0.6) is 0 Å². The van der Waals surface area contributed by atoms with E-state index in [-0.39, 0.29) is 5.97 Å². The third kappa shape index (κ3) is 6.03. The average Bonchev–Trinajstić information content (AvgIpc) is 2.33. The number of nitrogens with zero attached hydrogens (tertiary/aromatic N) is 1. The Morgan fingerprint density at radius 1 is 1.29 bits per heavy atom. The number of nitrogens with one attached hydrogen (secondary N) is 1. The number of carbonyl (C=O) groups excluding carboxylic acids is 1. The minimum absolute atomic E-state index is 0.171. The summed E-state index contributed by atoms with van der Waals surface area (Å²) in [7, 11) is 3.53. The molecule has 0 radical (unpaired) electrons. The number of esters is 1. The molecule has 4 heteroatoms. The van der Waals surface area contributed by atoms with Crippen molar-refractivity contribution in [3.05, 3.63) is 0 Å². The third-order valence-electron chi connectivity index (χ3n) is 3.00. The second-order valence-corrected chi connectivity index (χ2v) is 4.80. The van der Waals surface area contributed by atoms with Gasteiger partial charge in [-0.05, 0) is 46.3 Å². The summed E-state index contributed by atoms with van der Waals surface area (Å²) in [6, 6.07) is 0. The van der Waals surface area contributed by atoms with E-state index >= 15 is 0 Å².